The summed E-state index contributed by atoms with van der Waals surface area (Å²) in [6.07, 6.45) is 2.90. The first-order valence-corrected chi connectivity index (χ1v) is 7.05. The summed E-state index contributed by atoms with van der Waals surface area (Å²) in [5.41, 5.74) is 0. The highest BCUT2D eigenvalue weighted by Crippen LogP contribution is 2.14. The third-order valence-corrected chi connectivity index (χ3v) is 2.54. The zero-order valence-electron chi connectivity index (χ0n) is 12.6. The van der Waals surface area contributed by atoms with Gasteiger partial charge in [0.05, 0.1) is 6.61 Å². The zero-order valence-corrected chi connectivity index (χ0v) is 12.6. The molecule has 0 spiro atoms. The van der Waals surface area contributed by atoms with Gasteiger partial charge in [-0.05, 0) is 26.9 Å². The van der Waals surface area contributed by atoms with Crippen molar-refractivity contribution in [3.63, 3.8) is 0 Å². The first-order valence-electron chi connectivity index (χ1n) is 7.05. The summed E-state index contributed by atoms with van der Waals surface area (Å²) in [5.74, 6) is 2.38. The monoisotopic (exact) mass is 266 g/mol. The number of ether oxygens (including phenoxy) is 1. The minimum atomic E-state index is 0.674. The van der Waals surface area contributed by atoms with Crippen LogP contribution in [0.25, 0.3) is 0 Å². The lowest BCUT2D eigenvalue weighted by atomic mass is 10.3. The van der Waals surface area contributed by atoms with E-state index in [-0.39, 0.29) is 0 Å². The number of aryl methyl sites for hydroxylation is 1. The second-order valence-corrected chi connectivity index (χ2v) is 4.84. The van der Waals surface area contributed by atoms with Gasteiger partial charge in [0.1, 0.15) is 11.6 Å². The van der Waals surface area contributed by atoms with Crippen LogP contribution >= 0.6 is 0 Å². The lowest BCUT2D eigenvalue weighted by molar-refractivity contribution is 0.303. The molecule has 19 heavy (non-hydrogen) atoms. The van der Waals surface area contributed by atoms with Crippen molar-refractivity contribution in [1.29, 1.82) is 0 Å². The average Bonchev–Trinajstić information content (AvgIpc) is 2.36. The van der Waals surface area contributed by atoms with Crippen molar-refractivity contribution in [2.45, 2.75) is 33.1 Å². The molecule has 0 unspecified atom stereocenters. The summed E-state index contributed by atoms with van der Waals surface area (Å²) < 4.78 is 5.61. The summed E-state index contributed by atoms with van der Waals surface area (Å²) in [6.45, 7) is 6.74. The molecule has 0 aliphatic heterocycles. The highest BCUT2D eigenvalue weighted by molar-refractivity contribution is 5.38. The van der Waals surface area contributed by atoms with Crippen LogP contribution in [-0.4, -0.2) is 48.7 Å². The minimum Gasteiger partial charge on any atom is -0.478 e. The molecule has 0 aromatic carbocycles. The molecule has 0 saturated carbocycles. The standard InChI is InChI=1S/C14H26N4O/c1-5-7-12-16-13(15-8-9-18(3)4)11-14(17-12)19-10-6-2/h11H,5-10H2,1-4H3,(H,15,16,17). The van der Waals surface area contributed by atoms with Gasteiger partial charge in [-0.1, -0.05) is 13.8 Å². The van der Waals surface area contributed by atoms with Crippen LogP contribution < -0.4 is 10.1 Å². The van der Waals surface area contributed by atoms with Gasteiger partial charge in [0.25, 0.3) is 0 Å². The normalized spacial score (nSPS) is 10.8. The molecule has 1 aromatic rings. The number of aromatic nitrogens is 2. The highest BCUT2D eigenvalue weighted by Gasteiger charge is 2.05. The zero-order chi connectivity index (χ0) is 14.1. The Kier molecular flexibility index (Phi) is 7.18. The second kappa shape index (κ2) is 8.69. The van der Waals surface area contributed by atoms with Crippen molar-refractivity contribution < 1.29 is 4.74 Å². The summed E-state index contributed by atoms with van der Waals surface area (Å²) in [5, 5.41) is 3.32. The fraction of sp³-hybridized carbons (Fsp3) is 0.714. The molecule has 0 bridgehead atoms. The van der Waals surface area contributed by atoms with Gasteiger partial charge in [-0.2, -0.15) is 4.98 Å². The molecule has 0 radical (unpaired) electrons. The molecule has 108 valence electrons. The molecule has 5 heteroatoms. The maximum Gasteiger partial charge on any atom is 0.218 e. The molecule has 1 heterocycles. The molecule has 0 aliphatic carbocycles. The van der Waals surface area contributed by atoms with Crippen LogP contribution in [-0.2, 0) is 6.42 Å². The Morgan fingerprint density at radius 1 is 1.21 bits per heavy atom. The van der Waals surface area contributed by atoms with Gasteiger partial charge in [-0.25, -0.2) is 4.98 Å². The topological polar surface area (TPSA) is 50.3 Å². The smallest absolute Gasteiger partial charge is 0.218 e. The molecule has 1 N–H and O–H groups in total. The third-order valence-electron chi connectivity index (χ3n) is 2.54. The quantitative estimate of drug-likeness (QED) is 0.742. The van der Waals surface area contributed by atoms with E-state index in [4.69, 9.17) is 4.74 Å². The lowest BCUT2D eigenvalue weighted by Crippen LogP contribution is -2.21. The Morgan fingerprint density at radius 3 is 2.63 bits per heavy atom. The number of anilines is 1. The molecular formula is C14H26N4O. The lowest BCUT2D eigenvalue weighted by Gasteiger charge is -2.12. The van der Waals surface area contributed by atoms with E-state index in [0.717, 1.165) is 44.0 Å². The number of rotatable bonds is 9. The van der Waals surface area contributed by atoms with E-state index in [0.29, 0.717) is 12.5 Å². The number of likely N-dealkylation sites (N-methyl/N-ethyl adjacent to an activating group) is 1. The average molecular weight is 266 g/mol. The number of nitrogens with one attached hydrogen (secondary N) is 1. The maximum absolute atomic E-state index is 5.61. The SMILES string of the molecule is CCCOc1cc(NCCN(C)C)nc(CCC)n1. The summed E-state index contributed by atoms with van der Waals surface area (Å²) in [7, 11) is 4.11. The Bertz CT molecular complexity index is 368. The number of nitrogens with zero attached hydrogens (tertiary/aromatic N) is 3. The molecule has 0 fully saturated rings. The van der Waals surface area contributed by atoms with Crippen molar-refractivity contribution in [2.24, 2.45) is 0 Å². The summed E-state index contributed by atoms with van der Waals surface area (Å²) in [4.78, 5) is 11.1. The van der Waals surface area contributed by atoms with Crippen LogP contribution in [0.2, 0.25) is 0 Å². The summed E-state index contributed by atoms with van der Waals surface area (Å²) >= 11 is 0. The fourth-order valence-corrected chi connectivity index (χ4v) is 1.59. The van der Waals surface area contributed by atoms with Crippen LogP contribution in [0.5, 0.6) is 5.88 Å². The van der Waals surface area contributed by atoms with Crippen LogP contribution in [0.4, 0.5) is 5.82 Å². The van der Waals surface area contributed by atoms with Gasteiger partial charge in [0.2, 0.25) is 5.88 Å². The minimum absolute atomic E-state index is 0.674. The van der Waals surface area contributed by atoms with E-state index in [1.165, 1.54) is 0 Å². The van der Waals surface area contributed by atoms with Crippen LogP contribution in [0.15, 0.2) is 6.07 Å². The van der Waals surface area contributed by atoms with E-state index < -0.39 is 0 Å². The predicted octanol–water partition coefficient (Wildman–Crippen LogP) is 2.19. The predicted molar refractivity (Wildman–Crippen MR) is 78.9 cm³/mol. The van der Waals surface area contributed by atoms with Crippen molar-refractivity contribution in [2.75, 3.05) is 39.1 Å². The molecule has 0 atom stereocenters. The van der Waals surface area contributed by atoms with Gasteiger partial charge >= 0.3 is 0 Å². The second-order valence-electron chi connectivity index (χ2n) is 4.84. The number of hydrogen-bond acceptors (Lipinski definition) is 5. The van der Waals surface area contributed by atoms with Gasteiger partial charge in [0, 0.05) is 25.6 Å². The first kappa shape index (κ1) is 15.7. The molecule has 0 amide bonds. The fourth-order valence-electron chi connectivity index (χ4n) is 1.59. The van der Waals surface area contributed by atoms with Crippen molar-refractivity contribution >= 4 is 5.82 Å². The van der Waals surface area contributed by atoms with Crippen LogP contribution in [0.1, 0.15) is 32.5 Å². The molecular weight excluding hydrogens is 240 g/mol. The molecule has 1 aromatic heterocycles. The van der Waals surface area contributed by atoms with E-state index in [2.05, 4.69) is 48.1 Å². The number of hydrogen-bond donors (Lipinski definition) is 1. The van der Waals surface area contributed by atoms with E-state index in [1.54, 1.807) is 0 Å². The molecule has 1 rings (SSSR count). The van der Waals surface area contributed by atoms with Gasteiger partial charge in [0.15, 0.2) is 0 Å². The Morgan fingerprint density at radius 2 is 2.00 bits per heavy atom. The third kappa shape index (κ3) is 6.38. The summed E-state index contributed by atoms with van der Waals surface area (Å²) in [6, 6.07) is 1.88. The van der Waals surface area contributed by atoms with Gasteiger partial charge < -0.3 is 15.0 Å². The Labute approximate surface area is 116 Å². The Balaban J connectivity index is 2.68. The molecule has 0 saturated heterocycles. The largest absolute Gasteiger partial charge is 0.478 e. The van der Waals surface area contributed by atoms with Gasteiger partial charge in [-0.15, -0.1) is 0 Å². The Hall–Kier alpha value is -1.36. The van der Waals surface area contributed by atoms with Crippen molar-refractivity contribution in [3.8, 4) is 5.88 Å². The van der Waals surface area contributed by atoms with E-state index in [9.17, 15) is 0 Å². The van der Waals surface area contributed by atoms with Crippen molar-refractivity contribution in [3.05, 3.63) is 11.9 Å². The van der Waals surface area contributed by atoms with Crippen LogP contribution in [0, 0.1) is 0 Å². The maximum atomic E-state index is 5.61. The van der Waals surface area contributed by atoms with Crippen LogP contribution in [0.3, 0.4) is 0 Å². The van der Waals surface area contributed by atoms with Crippen molar-refractivity contribution in [1.82, 2.24) is 14.9 Å². The first-order chi connectivity index (χ1) is 9.15. The van der Waals surface area contributed by atoms with E-state index >= 15 is 0 Å². The molecule has 0 aliphatic rings. The van der Waals surface area contributed by atoms with E-state index in [1.807, 2.05) is 6.07 Å². The van der Waals surface area contributed by atoms with Gasteiger partial charge in [-0.3, -0.25) is 0 Å². The highest BCUT2D eigenvalue weighted by atomic mass is 16.5. The molecule has 5 nitrogen and oxygen atoms in total.